The second kappa shape index (κ2) is 8.96. The van der Waals surface area contributed by atoms with E-state index in [-0.39, 0.29) is 17.5 Å². The minimum absolute atomic E-state index is 0.0347. The quantitative estimate of drug-likeness (QED) is 0.660. The monoisotopic (exact) mass is 449 g/mol. The van der Waals surface area contributed by atoms with Gasteiger partial charge in [0.1, 0.15) is 5.82 Å². The van der Waals surface area contributed by atoms with Gasteiger partial charge in [-0.3, -0.25) is 19.5 Å². The highest BCUT2D eigenvalue weighted by Gasteiger charge is 2.32. The average molecular weight is 450 g/mol. The van der Waals surface area contributed by atoms with Crippen molar-refractivity contribution in [3.63, 3.8) is 0 Å². The molecule has 32 heavy (non-hydrogen) atoms. The lowest BCUT2D eigenvalue weighted by molar-refractivity contribution is 0.0603. The van der Waals surface area contributed by atoms with Gasteiger partial charge in [0.25, 0.3) is 11.5 Å². The molecule has 7 nitrogen and oxygen atoms in total. The van der Waals surface area contributed by atoms with E-state index in [1.807, 2.05) is 35.4 Å². The topological polar surface area (TPSA) is 82.2 Å². The highest BCUT2D eigenvalue weighted by Crippen LogP contribution is 2.32. The van der Waals surface area contributed by atoms with Gasteiger partial charge in [0.15, 0.2) is 0 Å². The maximum atomic E-state index is 13.2. The molecule has 0 spiro atoms. The number of fused-ring (bicyclic) bond motifs is 1. The van der Waals surface area contributed by atoms with Gasteiger partial charge in [-0.15, -0.1) is 11.3 Å². The number of aromatic nitrogens is 3. The maximum Gasteiger partial charge on any atom is 0.264 e. The molecule has 3 aromatic heterocycles. The first kappa shape index (κ1) is 21.0. The molecule has 1 amide bonds. The molecule has 0 aromatic carbocycles. The van der Waals surface area contributed by atoms with Crippen LogP contribution in [0.2, 0.25) is 0 Å². The lowest BCUT2D eigenvalue weighted by Gasteiger charge is -2.35. The van der Waals surface area contributed by atoms with Crippen molar-refractivity contribution in [3.05, 3.63) is 79.4 Å². The summed E-state index contributed by atoms with van der Waals surface area (Å²) in [5, 5.41) is 2.00. The van der Waals surface area contributed by atoms with E-state index in [1.54, 1.807) is 12.4 Å². The molecule has 1 saturated heterocycles. The SMILES string of the molecule is Cc1csc(C(=O)N2CCCC[C@H]2c2nc3c(c(=O)[nH]2)CCN(Cc2ccncc2)C3)c1. The van der Waals surface area contributed by atoms with E-state index < -0.39 is 0 Å². The maximum absolute atomic E-state index is 13.2. The Kier molecular flexibility index (Phi) is 5.89. The first-order chi connectivity index (χ1) is 15.6. The molecule has 5 heterocycles. The fourth-order valence-corrected chi connectivity index (χ4v) is 5.55. The van der Waals surface area contributed by atoms with Crippen molar-refractivity contribution in [2.24, 2.45) is 0 Å². The molecule has 1 atom stereocenters. The number of H-pyrrole nitrogens is 1. The van der Waals surface area contributed by atoms with Gasteiger partial charge < -0.3 is 9.88 Å². The molecule has 0 unspecified atom stereocenters. The fraction of sp³-hybridized carbons (Fsp3) is 0.417. The molecule has 1 N–H and O–H groups in total. The molecule has 1 fully saturated rings. The predicted molar refractivity (Wildman–Crippen MR) is 124 cm³/mol. The second-order valence-electron chi connectivity index (χ2n) is 8.69. The standard InChI is InChI=1S/C24H27N5O2S/c1-16-12-21(32-15-16)24(31)29-10-3-2-4-20(29)22-26-19-14-28(11-7-18(19)23(30)27-22)13-17-5-8-25-9-6-17/h5-6,8-9,12,15,20H,2-4,7,10-11,13-14H2,1H3,(H,26,27,30)/t20-/m0/s1. The Bertz CT molecular complexity index is 1170. The number of piperidine rings is 1. The fourth-order valence-electron chi connectivity index (χ4n) is 4.70. The van der Waals surface area contributed by atoms with Crippen molar-refractivity contribution in [1.82, 2.24) is 24.8 Å². The van der Waals surface area contributed by atoms with E-state index in [1.165, 1.54) is 16.9 Å². The summed E-state index contributed by atoms with van der Waals surface area (Å²) in [4.78, 5) is 43.1. The summed E-state index contributed by atoms with van der Waals surface area (Å²) >= 11 is 1.48. The number of carbonyl (C=O) groups excluding carboxylic acids is 1. The molecule has 0 radical (unpaired) electrons. The Morgan fingerprint density at radius 1 is 1.25 bits per heavy atom. The number of thiophene rings is 1. The zero-order valence-electron chi connectivity index (χ0n) is 18.2. The summed E-state index contributed by atoms with van der Waals surface area (Å²) in [6.45, 7) is 4.96. The summed E-state index contributed by atoms with van der Waals surface area (Å²) in [5.41, 5.74) is 3.86. The Balaban J connectivity index is 1.41. The third-order valence-corrected chi connectivity index (χ3v) is 7.38. The molecule has 166 valence electrons. The van der Waals surface area contributed by atoms with Crippen LogP contribution >= 0.6 is 11.3 Å². The average Bonchev–Trinajstić information content (AvgIpc) is 3.25. The van der Waals surface area contributed by atoms with E-state index >= 15 is 0 Å². The number of nitrogens with one attached hydrogen (secondary N) is 1. The van der Waals surface area contributed by atoms with Crippen molar-refractivity contribution >= 4 is 17.2 Å². The Morgan fingerprint density at radius 3 is 2.88 bits per heavy atom. The van der Waals surface area contributed by atoms with Crippen molar-refractivity contribution < 1.29 is 4.79 Å². The second-order valence-corrected chi connectivity index (χ2v) is 9.60. The van der Waals surface area contributed by atoms with Gasteiger partial charge in [-0.2, -0.15) is 0 Å². The van der Waals surface area contributed by atoms with Gasteiger partial charge in [0.05, 0.1) is 16.6 Å². The van der Waals surface area contributed by atoms with Gasteiger partial charge in [-0.05, 0) is 67.3 Å². The lowest BCUT2D eigenvalue weighted by Crippen LogP contribution is -2.41. The molecule has 5 rings (SSSR count). The van der Waals surface area contributed by atoms with Crippen LogP contribution in [-0.2, 0) is 19.5 Å². The molecule has 0 aliphatic carbocycles. The third-order valence-electron chi connectivity index (χ3n) is 6.35. The van der Waals surface area contributed by atoms with E-state index in [0.717, 1.165) is 54.0 Å². The van der Waals surface area contributed by atoms with Crippen LogP contribution < -0.4 is 5.56 Å². The molecular weight excluding hydrogens is 422 g/mol. The van der Waals surface area contributed by atoms with Crippen LogP contribution in [0.5, 0.6) is 0 Å². The normalized spacial score (nSPS) is 19.0. The number of nitrogens with zero attached hydrogens (tertiary/aromatic N) is 4. The van der Waals surface area contributed by atoms with Gasteiger partial charge >= 0.3 is 0 Å². The van der Waals surface area contributed by atoms with Crippen molar-refractivity contribution in [2.45, 2.75) is 51.7 Å². The van der Waals surface area contributed by atoms with Crippen LogP contribution in [0.25, 0.3) is 0 Å². The summed E-state index contributed by atoms with van der Waals surface area (Å²) in [7, 11) is 0. The van der Waals surface area contributed by atoms with Gasteiger partial charge in [-0.25, -0.2) is 4.98 Å². The van der Waals surface area contributed by atoms with Crippen LogP contribution in [0.1, 0.15) is 63.2 Å². The van der Waals surface area contributed by atoms with Crippen LogP contribution in [0.3, 0.4) is 0 Å². The number of amides is 1. The number of hydrogen-bond acceptors (Lipinski definition) is 6. The van der Waals surface area contributed by atoms with E-state index in [2.05, 4.69) is 14.9 Å². The lowest BCUT2D eigenvalue weighted by atomic mass is 9.99. The number of likely N-dealkylation sites (tertiary alicyclic amines) is 1. The smallest absolute Gasteiger partial charge is 0.264 e. The number of hydrogen-bond donors (Lipinski definition) is 1. The van der Waals surface area contributed by atoms with Crippen LogP contribution in [-0.4, -0.2) is 43.7 Å². The number of pyridine rings is 1. The summed E-state index contributed by atoms with van der Waals surface area (Å²) < 4.78 is 0. The predicted octanol–water partition coefficient (Wildman–Crippen LogP) is 3.46. The minimum atomic E-state index is -0.188. The molecular formula is C24H27N5O2S. The minimum Gasteiger partial charge on any atom is -0.328 e. The van der Waals surface area contributed by atoms with E-state index in [9.17, 15) is 9.59 Å². The Hall–Kier alpha value is -2.84. The van der Waals surface area contributed by atoms with Crippen molar-refractivity contribution in [1.29, 1.82) is 0 Å². The van der Waals surface area contributed by atoms with Crippen LogP contribution in [0.4, 0.5) is 0 Å². The molecule has 2 aliphatic heterocycles. The summed E-state index contributed by atoms with van der Waals surface area (Å²) in [6.07, 6.45) is 7.10. The number of aryl methyl sites for hydroxylation is 1. The van der Waals surface area contributed by atoms with Gasteiger partial charge in [0.2, 0.25) is 0 Å². The zero-order chi connectivity index (χ0) is 22.1. The number of aromatic amines is 1. The van der Waals surface area contributed by atoms with Crippen LogP contribution in [0, 0.1) is 6.92 Å². The first-order valence-corrected chi connectivity index (χ1v) is 12.1. The van der Waals surface area contributed by atoms with Crippen LogP contribution in [0.15, 0.2) is 40.8 Å². The summed E-state index contributed by atoms with van der Waals surface area (Å²) in [5.74, 6) is 0.660. The summed E-state index contributed by atoms with van der Waals surface area (Å²) in [6, 6.07) is 5.79. The first-order valence-electron chi connectivity index (χ1n) is 11.2. The number of carbonyl (C=O) groups is 1. The van der Waals surface area contributed by atoms with Crippen molar-refractivity contribution in [3.8, 4) is 0 Å². The highest BCUT2D eigenvalue weighted by molar-refractivity contribution is 7.12. The Morgan fingerprint density at radius 2 is 2.09 bits per heavy atom. The third kappa shape index (κ3) is 4.25. The number of rotatable bonds is 4. The van der Waals surface area contributed by atoms with Gasteiger partial charge in [0, 0.05) is 44.1 Å². The van der Waals surface area contributed by atoms with Crippen molar-refractivity contribution in [2.75, 3.05) is 13.1 Å². The van der Waals surface area contributed by atoms with Gasteiger partial charge in [-0.1, -0.05) is 0 Å². The molecule has 0 bridgehead atoms. The molecule has 3 aromatic rings. The Labute approximate surface area is 191 Å². The highest BCUT2D eigenvalue weighted by atomic mass is 32.1. The largest absolute Gasteiger partial charge is 0.328 e. The zero-order valence-corrected chi connectivity index (χ0v) is 19.0. The van der Waals surface area contributed by atoms with E-state index in [4.69, 9.17) is 4.98 Å². The molecule has 2 aliphatic rings. The molecule has 8 heteroatoms. The molecule has 0 saturated carbocycles. The van der Waals surface area contributed by atoms with E-state index in [0.29, 0.717) is 25.3 Å².